The first-order chi connectivity index (χ1) is 5.13. The third-order valence-corrected chi connectivity index (χ3v) is 2.05. The second-order valence-corrected chi connectivity index (χ2v) is 3.05. The van der Waals surface area contributed by atoms with E-state index in [1.165, 1.54) is 4.90 Å². The highest BCUT2D eigenvalue weighted by atomic mass is 16.4. The number of nitrogens with zero attached hydrogens (tertiary/aromatic N) is 1. The van der Waals surface area contributed by atoms with Gasteiger partial charge in [0.15, 0.2) is 0 Å². The molecule has 0 aromatic rings. The molecule has 1 fully saturated rings. The van der Waals surface area contributed by atoms with E-state index < -0.39 is 6.09 Å². The number of hydrogen-bond acceptors (Lipinski definition) is 2. The molecule has 1 rings (SSSR count). The molecule has 1 unspecified atom stereocenters. The van der Waals surface area contributed by atoms with Crippen molar-refractivity contribution in [1.29, 1.82) is 0 Å². The highest BCUT2D eigenvalue weighted by molar-refractivity contribution is 5.66. The van der Waals surface area contributed by atoms with E-state index in [0.717, 1.165) is 13.1 Å². The Morgan fingerprint density at radius 1 is 1.45 bits per heavy atom. The molecule has 1 amide bonds. The van der Waals surface area contributed by atoms with Gasteiger partial charge in [-0.1, -0.05) is 0 Å². The van der Waals surface area contributed by atoms with E-state index in [1.807, 2.05) is 13.8 Å². The molecular formula is C7H14N2O2. The fourth-order valence-electron chi connectivity index (χ4n) is 1.51. The topological polar surface area (TPSA) is 52.6 Å². The SMILES string of the molecule is CC1CNC[C@H](C)N1C(=O)O. The van der Waals surface area contributed by atoms with E-state index >= 15 is 0 Å². The van der Waals surface area contributed by atoms with Gasteiger partial charge in [0.05, 0.1) is 0 Å². The van der Waals surface area contributed by atoms with Crippen molar-refractivity contribution in [1.82, 2.24) is 10.2 Å². The van der Waals surface area contributed by atoms with Crippen LogP contribution in [0.1, 0.15) is 13.8 Å². The maximum absolute atomic E-state index is 10.7. The molecule has 1 saturated heterocycles. The van der Waals surface area contributed by atoms with Gasteiger partial charge >= 0.3 is 6.09 Å². The highest BCUT2D eigenvalue weighted by Crippen LogP contribution is 2.08. The maximum atomic E-state index is 10.7. The molecule has 0 radical (unpaired) electrons. The molecule has 1 aliphatic heterocycles. The summed E-state index contributed by atoms with van der Waals surface area (Å²) in [6, 6.07) is 0.187. The second-order valence-electron chi connectivity index (χ2n) is 3.05. The van der Waals surface area contributed by atoms with Crippen molar-refractivity contribution in [2.75, 3.05) is 13.1 Å². The molecule has 11 heavy (non-hydrogen) atoms. The lowest BCUT2D eigenvalue weighted by Crippen LogP contribution is -2.56. The van der Waals surface area contributed by atoms with Crippen molar-refractivity contribution >= 4 is 6.09 Å². The summed E-state index contributed by atoms with van der Waals surface area (Å²) in [5.74, 6) is 0. The van der Waals surface area contributed by atoms with Crippen LogP contribution in [0.5, 0.6) is 0 Å². The van der Waals surface area contributed by atoms with Crippen molar-refractivity contribution in [3.05, 3.63) is 0 Å². The van der Waals surface area contributed by atoms with E-state index in [-0.39, 0.29) is 12.1 Å². The summed E-state index contributed by atoms with van der Waals surface area (Å²) < 4.78 is 0. The van der Waals surface area contributed by atoms with Gasteiger partial charge in [0.1, 0.15) is 0 Å². The zero-order chi connectivity index (χ0) is 8.43. The Labute approximate surface area is 66.2 Å². The Bertz CT molecular complexity index is 151. The average molecular weight is 158 g/mol. The van der Waals surface area contributed by atoms with Crippen molar-refractivity contribution in [2.24, 2.45) is 0 Å². The van der Waals surface area contributed by atoms with Crippen molar-refractivity contribution in [3.8, 4) is 0 Å². The van der Waals surface area contributed by atoms with Crippen LogP contribution in [0.4, 0.5) is 4.79 Å². The molecule has 4 nitrogen and oxygen atoms in total. The van der Waals surface area contributed by atoms with Crippen LogP contribution < -0.4 is 5.32 Å². The minimum Gasteiger partial charge on any atom is -0.465 e. The molecule has 0 bridgehead atoms. The van der Waals surface area contributed by atoms with Crippen LogP contribution in [0.2, 0.25) is 0 Å². The Morgan fingerprint density at radius 2 is 1.91 bits per heavy atom. The van der Waals surface area contributed by atoms with Gasteiger partial charge < -0.3 is 15.3 Å². The van der Waals surface area contributed by atoms with Crippen molar-refractivity contribution in [3.63, 3.8) is 0 Å². The van der Waals surface area contributed by atoms with Gasteiger partial charge in [-0.15, -0.1) is 0 Å². The summed E-state index contributed by atoms with van der Waals surface area (Å²) in [6.45, 7) is 5.35. The summed E-state index contributed by atoms with van der Waals surface area (Å²) in [5, 5.41) is 11.9. The molecule has 0 aromatic carbocycles. The minimum atomic E-state index is -0.813. The zero-order valence-corrected chi connectivity index (χ0v) is 6.87. The first-order valence-electron chi connectivity index (χ1n) is 3.85. The Morgan fingerprint density at radius 3 is 2.18 bits per heavy atom. The highest BCUT2D eigenvalue weighted by Gasteiger charge is 2.27. The van der Waals surface area contributed by atoms with Gasteiger partial charge in [-0.3, -0.25) is 0 Å². The molecule has 0 aliphatic carbocycles. The third kappa shape index (κ3) is 1.63. The zero-order valence-electron chi connectivity index (χ0n) is 6.87. The van der Waals surface area contributed by atoms with E-state index in [0.29, 0.717) is 0 Å². The third-order valence-electron chi connectivity index (χ3n) is 2.05. The van der Waals surface area contributed by atoms with Crippen LogP contribution in [0.3, 0.4) is 0 Å². The Kier molecular flexibility index (Phi) is 2.34. The molecular weight excluding hydrogens is 144 g/mol. The van der Waals surface area contributed by atoms with Gasteiger partial charge in [-0.2, -0.15) is 0 Å². The minimum absolute atomic E-state index is 0.0937. The van der Waals surface area contributed by atoms with E-state index in [9.17, 15) is 4.79 Å². The number of carbonyl (C=O) groups is 1. The molecule has 0 saturated carbocycles. The molecule has 1 heterocycles. The Balaban J connectivity index is 2.62. The van der Waals surface area contributed by atoms with Crippen LogP contribution in [-0.4, -0.2) is 41.3 Å². The van der Waals surface area contributed by atoms with E-state index in [1.54, 1.807) is 0 Å². The standard InChI is InChI=1S/C7H14N2O2/c1-5-3-8-4-6(2)9(5)7(10)11/h5-6,8H,3-4H2,1-2H3,(H,10,11)/t5-,6?/m0/s1. The summed E-state index contributed by atoms with van der Waals surface area (Å²) in [6.07, 6.45) is -0.813. The van der Waals surface area contributed by atoms with Gasteiger partial charge in [0, 0.05) is 25.2 Å². The van der Waals surface area contributed by atoms with Gasteiger partial charge in [0.25, 0.3) is 0 Å². The van der Waals surface area contributed by atoms with Gasteiger partial charge in [-0.25, -0.2) is 4.79 Å². The lowest BCUT2D eigenvalue weighted by Gasteiger charge is -2.37. The normalized spacial score (nSPS) is 32.0. The number of carboxylic acid groups (broad SMARTS) is 1. The average Bonchev–Trinajstić information content (AvgIpc) is 1.85. The van der Waals surface area contributed by atoms with Crippen LogP contribution >= 0.6 is 0 Å². The van der Waals surface area contributed by atoms with E-state index in [2.05, 4.69) is 5.32 Å². The quantitative estimate of drug-likeness (QED) is 0.534. The summed E-state index contributed by atoms with van der Waals surface area (Å²) >= 11 is 0. The molecule has 2 atom stereocenters. The number of rotatable bonds is 0. The number of piperazine rings is 1. The lowest BCUT2D eigenvalue weighted by atomic mass is 10.1. The molecule has 1 aliphatic rings. The fraction of sp³-hybridized carbons (Fsp3) is 0.857. The monoisotopic (exact) mass is 158 g/mol. The van der Waals surface area contributed by atoms with Crippen molar-refractivity contribution < 1.29 is 9.90 Å². The summed E-state index contributed by atoms with van der Waals surface area (Å²) in [7, 11) is 0. The number of nitrogens with one attached hydrogen (secondary N) is 1. The van der Waals surface area contributed by atoms with Crippen molar-refractivity contribution in [2.45, 2.75) is 25.9 Å². The molecule has 0 spiro atoms. The molecule has 64 valence electrons. The number of hydrogen-bond donors (Lipinski definition) is 2. The van der Waals surface area contributed by atoms with E-state index in [4.69, 9.17) is 5.11 Å². The first-order valence-corrected chi connectivity index (χ1v) is 3.85. The Hall–Kier alpha value is -0.770. The molecule has 4 heteroatoms. The van der Waals surface area contributed by atoms with Crippen LogP contribution in [0.15, 0.2) is 0 Å². The van der Waals surface area contributed by atoms with Gasteiger partial charge in [0.2, 0.25) is 0 Å². The lowest BCUT2D eigenvalue weighted by molar-refractivity contribution is 0.0911. The fourth-order valence-corrected chi connectivity index (χ4v) is 1.51. The summed E-state index contributed by atoms with van der Waals surface area (Å²) in [4.78, 5) is 12.2. The predicted molar refractivity (Wildman–Crippen MR) is 41.7 cm³/mol. The first kappa shape index (κ1) is 8.33. The second kappa shape index (κ2) is 3.09. The van der Waals surface area contributed by atoms with Gasteiger partial charge in [-0.05, 0) is 13.8 Å². The predicted octanol–water partition coefficient (Wildman–Crippen LogP) is 0.347. The molecule has 2 N–H and O–H groups in total. The van der Waals surface area contributed by atoms with Crippen LogP contribution in [0.25, 0.3) is 0 Å². The smallest absolute Gasteiger partial charge is 0.407 e. The molecule has 0 aromatic heterocycles. The summed E-state index contributed by atoms with van der Waals surface area (Å²) in [5.41, 5.74) is 0. The van der Waals surface area contributed by atoms with Crippen LogP contribution in [-0.2, 0) is 0 Å². The van der Waals surface area contributed by atoms with Crippen LogP contribution in [0, 0.1) is 0 Å². The number of amides is 1. The largest absolute Gasteiger partial charge is 0.465 e. The maximum Gasteiger partial charge on any atom is 0.407 e.